The summed E-state index contributed by atoms with van der Waals surface area (Å²) in [4.78, 5) is 19.2. The number of hydrogen-bond donors (Lipinski definition) is 1. The summed E-state index contributed by atoms with van der Waals surface area (Å²) in [6.45, 7) is 6.55. The number of fused-ring (bicyclic) bond motifs is 1. The van der Waals surface area contributed by atoms with Crippen molar-refractivity contribution in [2.24, 2.45) is 0 Å². The zero-order valence-corrected chi connectivity index (χ0v) is 13.3. The number of aromatic nitrogens is 1. The third-order valence-corrected chi connectivity index (χ3v) is 4.67. The molecule has 0 radical (unpaired) electrons. The van der Waals surface area contributed by atoms with E-state index in [-0.39, 0.29) is 5.91 Å². The van der Waals surface area contributed by atoms with Crippen molar-refractivity contribution in [3.8, 4) is 0 Å². The average molecular weight is 297 g/mol. The average Bonchev–Trinajstić information content (AvgIpc) is 2.53. The highest BCUT2D eigenvalue weighted by Crippen LogP contribution is 2.27. The first-order valence-corrected chi connectivity index (χ1v) is 8.01. The Morgan fingerprint density at radius 1 is 1.32 bits per heavy atom. The summed E-state index contributed by atoms with van der Waals surface area (Å²) in [6, 6.07) is 10.3. The van der Waals surface area contributed by atoms with Crippen molar-refractivity contribution >= 4 is 16.8 Å². The second kappa shape index (κ2) is 6.05. The Labute approximate surface area is 131 Å². The molecule has 0 saturated carbocycles. The maximum Gasteiger partial charge on any atom is 0.240 e. The summed E-state index contributed by atoms with van der Waals surface area (Å²) >= 11 is 0. The number of nitrogens with zero attached hydrogens (tertiary/aromatic N) is 2. The highest BCUT2D eigenvalue weighted by Gasteiger charge is 2.41. The summed E-state index contributed by atoms with van der Waals surface area (Å²) in [5.41, 5.74) is 1.80. The van der Waals surface area contributed by atoms with Gasteiger partial charge in [-0.1, -0.05) is 37.6 Å². The van der Waals surface area contributed by atoms with Crippen molar-refractivity contribution in [2.75, 3.05) is 13.1 Å². The highest BCUT2D eigenvalue weighted by atomic mass is 16.2. The SMILES string of the molecule is CCCC1(C)C(=O)NCCN1Cc1cccc2cccnc12. The van der Waals surface area contributed by atoms with E-state index < -0.39 is 5.54 Å². The highest BCUT2D eigenvalue weighted by molar-refractivity contribution is 5.87. The van der Waals surface area contributed by atoms with Crippen LogP contribution in [0.3, 0.4) is 0 Å². The van der Waals surface area contributed by atoms with Crippen LogP contribution in [0.25, 0.3) is 10.9 Å². The molecule has 1 atom stereocenters. The van der Waals surface area contributed by atoms with Crippen LogP contribution in [-0.2, 0) is 11.3 Å². The van der Waals surface area contributed by atoms with E-state index in [1.165, 1.54) is 5.56 Å². The molecule has 1 N–H and O–H groups in total. The molecule has 4 heteroatoms. The van der Waals surface area contributed by atoms with Crippen molar-refractivity contribution in [2.45, 2.75) is 38.8 Å². The molecule has 0 spiro atoms. The largest absolute Gasteiger partial charge is 0.353 e. The van der Waals surface area contributed by atoms with E-state index >= 15 is 0 Å². The molecule has 1 fully saturated rings. The third kappa shape index (κ3) is 2.59. The molecule has 0 aliphatic carbocycles. The fourth-order valence-corrected chi connectivity index (χ4v) is 3.40. The molecule has 4 nitrogen and oxygen atoms in total. The van der Waals surface area contributed by atoms with Gasteiger partial charge < -0.3 is 5.32 Å². The molecule has 2 aromatic rings. The van der Waals surface area contributed by atoms with Gasteiger partial charge in [0, 0.05) is 31.2 Å². The molecule has 1 amide bonds. The minimum Gasteiger partial charge on any atom is -0.353 e. The van der Waals surface area contributed by atoms with Crippen LogP contribution >= 0.6 is 0 Å². The molecule has 22 heavy (non-hydrogen) atoms. The molecule has 1 aromatic carbocycles. The Morgan fingerprint density at radius 2 is 2.14 bits per heavy atom. The monoisotopic (exact) mass is 297 g/mol. The lowest BCUT2D eigenvalue weighted by Gasteiger charge is -2.43. The number of carbonyl (C=O) groups is 1. The van der Waals surface area contributed by atoms with Crippen molar-refractivity contribution < 1.29 is 4.79 Å². The van der Waals surface area contributed by atoms with Crippen LogP contribution in [-0.4, -0.2) is 34.4 Å². The zero-order valence-electron chi connectivity index (χ0n) is 13.3. The number of nitrogens with one attached hydrogen (secondary N) is 1. The Morgan fingerprint density at radius 3 is 2.95 bits per heavy atom. The van der Waals surface area contributed by atoms with E-state index in [0.29, 0.717) is 0 Å². The quantitative estimate of drug-likeness (QED) is 0.944. The number of pyridine rings is 1. The molecule has 1 unspecified atom stereocenters. The van der Waals surface area contributed by atoms with Gasteiger partial charge in [-0.05, 0) is 25.0 Å². The third-order valence-electron chi connectivity index (χ3n) is 4.67. The number of amides is 1. The van der Waals surface area contributed by atoms with E-state index in [9.17, 15) is 4.79 Å². The van der Waals surface area contributed by atoms with Gasteiger partial charge in [0.1, 0.15) is 0 Å². The fourth-order valence-electron chi connectivity index (χ4n) is 3.40. The van der Waals surface area contributed by atoms with E-state index in [1.807, 2.05) is 12.3 Å². The maximum atomic E-state index is 12.4. The molecule has 1 saturated heterocycles. The first-order chi connectivity index (χ1) is 10.6. The van der Waals surface area contributed by atoms with Gasteiger partial charge in [-0.15, -0.1) is 0 Å². The van der Waals surface area contributed by atoms with Crippen LogP contribution < -0.4 is 5.32 Å². The normalized spacial score (nSPS) is 22.7. The van der Waals surface area contributed by atoms with Crippen LogP contribution in [0.15, 0.2) is 36.5 Å². The van der Waals surface area contributed by atoms with Crippen LogP contribution in [0.1, 0.15) is 32.3 Å². The van der Waals surface area contributed by atoms with E-state index in [2.05, 4.69) is 53.3 Å². The molecule has 3 rings (SSSR count). The van der Waals surface area contributed by atoms with Crippen LogP contribution in [0.5, 0.6) is 0 Å². The summed E-state index contributed by atoms with van der Waals surface area (Å²) in [5.74, 6) is 0.147. The molecule has 2 heterocycles. The molecular weight excluding hydrogens is 274 g/mol. The Kier molecular flexibility index (Phi) is 4.12. The number of carbonyl (C=O) groups excluding carboxylic acids is 1. The summed E-state index contributed by atoms with van der Waals surface area (Å²) in [6.07, 6.45) is 3.70. The van der Waals surface area contributed by atoms with Gasteiger partial charge in [0.2, 0.25) is 5.91 Å². The van der Waals surface area contributed by atoms with Gasteiger partial charge in [-0.2, -0.15) is 0 Å². The maximum absolute atomic E-state index is 12.4. The van der Waals surface area contributed by atoms with Crippen molar-refractivity contribution in [3.05, 3.63) is 42.1 Å². The van der Waals surface area contributed by atoms with Crippen LogP contribution in [0.2, 0.25) is 0 Å². The van der Waals surface area contributed by atoms with Crippen molar-refractivity contribution in [3.63, 3.8) is 0 Å². The lowest BCUT2D eigenvalue weighted by Crippen LogP contribution is -2.62. The van der Waals surface area contributed by atoms with Crippen molar-refractivity contribution in [1.29, 1.82) is 0 Å². The summed E-state index contributed by atoms with van der Waals surface area (Å²) in [5, 5.41) is 4.17. The minimum atomic E-state index is -0.427. The van der Waals surface area contributed by atoms with E-state index in [4.69, 9.17) is 0 Å². The first-order valence-electron chi connectivity index (χ1n) is 8.01. The minimum absolute atomic E-state index is 0.147. The van der Waals surface area contributed by atoms with Crippen LogP contribution in [0, 0.1) is 0 Å². The van der Waals surface area contributed by atoms with Gasteiger partial charge in [0.15, 0.2) is 0 Å². The predicted octanol–water partition coefficient (Wildman–Crippen LogP) is 2.73. The molecule has 116 valence electrons. The topological polar surface area (TPSA) is 45.2 Å². The van der Waals surface area contributed by atoms with Gasteiger partial charge in [-0.3, -0.25) is 14.7 Å². The standard InChI is InChI=1S/C18H23N3O/c1-3-9-18(2)17(22)20-11-12-21(18)13-15-7-4-6-14-8-5-10-19-16(14)15/h4-8,10H,3,9,11-13H2,1-2H3,(H,20,22). The molecule has 1 aliphatic rings. The Balaban J connectivity index is 1.94. The fraction of sp³-hybridized carbons (Fsp3) is 0.444. The van der Waals surface area contributed by atoms with Crippen molar-refractivity contribution in [1.82, 2.24) is 15.2 Å². The second-order valence-electron chi connectivity index (χ2n) is 6.19. The molecule has 1 aromatic heterocycles. The number of para-hydroxylation sites is 1. The summed E-state index contributed by atoms with van der Waals surface area (Å²) < 4.78 is 0. The van der Waals surface area contributed by atoms with Gasteiger partial charge in [0.25, 0.3) is 0 Å². The Hall–Kier alpha value is -1.94. The first kappa shape index (κ1) is 15.0. The summed E-state index contributed by atoms with van der Waals surface area (Å²) in [7, 11) is 0. The lowest BCUT2D eigenvalue weighted by molar-refractivity contribution is -0.137. The lowest BCUT2D eigenvalue weighted by atomic mass is 9.90. The second-order valence-corrected chi connectivity index (χ2v) is 6.19. The number of benzene rings is 1. The number of piperazine rings is 1. The van der Waals surface area contributed by atoms with Crippen LogP contribution in [0.4, 0.5) is 0 Å². The van der Waals surface area contributed by atoms with E-state index in [1.54, 1.807) is 0 Å². The molecule has 1 aliphatic heterocycles. The van der Waals surface area contributed by atoms with E-state index in [0.717, 1.165) is 43.4 Å². The zero-order chi connectivity index (χ0) is 15.6. The van der Waals surface area contributed by atoms with Gasteiger partial charge in [0.05, 0.1) is 11.1 Å². The number of rotatable bonds is 4. The van der Waals surface area contributed by atoms with Gasteiger partial charge in [-0.25, -0.2) is 0 Å². The molecule has 0 bridgehead atoms. The Bertz CT molecular complexity index is 680. The predicted molar refractivity (Wildman–Crippen MR) is 88.5 cm³/mol. The van der Waals surface area contributed by atoms with Gasteiger partial charge >= 0.3 is 0 Å². The molecular formula is C18H23N3O. The smallest absolute Gasteiger partial charge is 0.240 e. The number of hydrogen-bond acceptors (Lipinski definition) is 3.